The van der Waals surface area contributed by atoms with Crippen molar-refractivity contribution in [2.24, 2.45) is 7.05 Å². The fourth-order valence-electron chi connectivity index (χ4n) is 1.63. The van der Waals surface area contributed by atoms with Gasteiger partial charge in [-0.3, -0.25) is 0 Å². The number of aryl methyl sites for hydroxylation is 2. The number of unbranched alkanes of at least 4 members (excludes halogenated alkanes) is 1. The first kappa shape index (κ1) is 15.0. The molecule has 0 aliphatic rings. The van der Waals surface area contributed by atoms with Gasteiger partial charge in [-0.15, -0.1) is 5.10 Å². The van der Waals surface area contributed by atoms with E-state index in [1.54, 1.807) is 4.68 Å². The molecule has 0 bridgehead atoms. The molecule has 1 rings (SSSR count). The van der Waals surface area contributed by atoms with E-state index < -0.39 is 0 Å². The largest absolute Gasteiger partial charge is 0.396 e. The van der Waals surface area contributed by atoms with Crippen molar-refractivity contribution in [2.45, 2.75) is 32.1 Å². The van der Waals surface area contributed by atoms with E-state index in [0.717, 1.165) is 49.5 Å². The van der Waals surface area contributed by atoms with Gasteiger partial charge < -0.3 is 10.0 Å². The summed E-state index contributed by atoms with van der Waals surface area (Å²) in [6.45, 7) is 1.16. The van der Waals surface area contributed by atoms with Crippen LogP contribution in [0.1, 0.15) is 31.5 Å². The highest BCUT2D eigenvalue weighted by atomic mass is 32.1. The number of aliphatic hydroxyl groups is 1. The third-order valence-corrected chi connectivity index (χ3v) is 3.34. The van der Waals surface area contributed by atoms with E-state index in [2.05, 4.69) is 20.4 Å². The number of aliphatic hydroxyl groups excluding tert-OH is 1. The minimum atomic E-state index is 0.250. The Hall–Kier alpha value is -1.08. The van der Waals surface area contributed by atoms with Gasteiger partial charge in [0, 0.05) is 33.7 Å². The topological polar surface area (TPSA) is 67.1 Å². The van der Waals surface area contributed by atoms with Gasteiger partial charge in [0.2, 0.25) is 0 Å². The van der Waals surface area contributed by atoms with Crippen molar-refractivity contribution in [3.8, 4) is 0 Å². The maximum atomic E-state index is 8.72. The molecule has 0 atom stereocenters. The van der Waals surface area contributed by atoms with Crippen molar-refractivity contribution in [1.29, 1.82) is 0 Å². The fourth-order valence-corrected chi connectivity index (χ4v) is 1.87. The summed E-state index contributed by atoms with van der Waals surface area (Å²) in [6.07, 6.45) is 4.47. The third kappa shape index (κ3) is 5.05. The van der Waals surface area contributed by atoms with Crippen molar-refractivity contribution < 1.29 is 5.11 Å². The van der Waals surface area contributed by atoms with E-state index in [9.17, 15) is 0 Å². The van der Waals surface area contributed by atoms with Gasteiger partial charge in [0.15, 0.2) is 5.82 Å². The van der Waals surface area contributed by atoms with Gasteiger partial charge in [-0.05, 0) is 36.1 Å². The van der Waals surface area contributed by atoms with E-state index in [1.165, 1.54) is 0 Å². The molecule has 0 saturated carbocycles. The first-order valence-corrected chi connectivity index (χ1v) is 6.62. The zero-order valence-electron chi connectivity index (χ0n) is 11.0. The Morgan fingerprint density at radius 2 is 2.17 bits per heavy atom. The van der Waals surface area contributed by atoms with E-state index in [0.29, 0.717) is 0 Å². The SMILES string of the molecule is CN(CCCCO)C(=S)CCCc1nnnn1C. The standard InChI is InChI=1S/C11H21N5OS/c1-15(8-3-4-9-17)11(18)7-5-6-10-12-13-14-16(10)2/h17H,3-9H2,1-2H3. The van der Waals surface area contributed by atoms with Crippen molar-refractivity contribution in [3.05, 3.63) is 5.82 Å². The zero-order chi connectivity index (χ0) is 13.4. The fraction of sp³-hybridized carbons (Fsp3) is 0.818. The molecule has 102 valence electrons. The van der Waals surface area contributed by atoms with Crippen LogP contribution in [-0.4, -0.2) is 55.4 Å². The predicted octanol–water partition coefficient (Wildman–Crippen LogP) is 0.564. The summed E-state index contributed by atoms with van der Waals surface area (Å²) in [5.74, 6) is 0.890. The number of tetrazole rings is 1. The number of aromatic nitrogens is 4. The van der Waals surface area contributed by atoms with Gasteiger partial charge in [-0.1, -0.05) is 12.2 Å². The first-order valence-electron chi connectivity index (χ1n) is 6.21. The molecule has 0 saturated heterocycles. The van der Waals surface area contributed by atoms with Crippen LogP contribution in [-0.2, 0) is 13.5 Å². The summed E-state index contributed by atoms with van der Waals surface area (Å²) in [4.78, 5) is 3.04. The lowest BCUT2D eigenvalue weighted by Crippen LogP contribution is -2.26. The molecule has 0 fully saturated rings. The first-order chi connectivity index (χ1) is 8.65. The molecule has 0 aliphatic carbocycles. The summed E-state index contributed by atoms with van der Waals surface area (Å²) in [6, 6.07) is 0. The molecule has 0 aromatic carbocycles. The number of hydrogen-bond donors (Lipinski definition) is 1. The number of nitrogens with zero attached hydrogens (tertiary/aromatic N) is 5. The second-order valence-corrected chi connectivity index (χ2v) is 4.79. The highest BCUT2D eigenvalue weighted by Gasteiger charge is 2.06. The molecule has 7 heteroatoms. The van der Waals surface area contributed by atoms with E-state index in [1.807, 2.05) is 14.1 Å². The van der Waals surface area contributed by atoms with Crippen LogP contribution in [0.2, 0.25) is 0 Å². The normalized spacial score (nSPS) is 10.6. The number of rotatable bonds is 8. The van der Waals surface area contributed by atoms with E-state index in [-0.39, 0.29) is 6.61 Å². The molecule has 0 spiro atoms. The highest BCUT2D eigenvalue weighted by molar-refractivity contribution is 7.80. The highest BCUT2D eigenvalue weighted by Crippen LogP contribution is 2.04. The molecule has 0 radical (unpaired) electrons. The van der Waals surface area contributed by atoms with Crippen molar-refractivity contribution in [1.82, 2.24) is 25.1 Å². The van der Waals surface area contributed by atoms with Crippen molar-refractivity contribution >= 4 is 17.2 Å². The molecule has 18 heavy (non-hydrogen) atoms. The molecular weight excluding hydrogens is 250 g/mol. The minimum Gasteiger partial charge on any atom is -0.396 e. The quantitative estimate of drug-likeness (QED) is 0.550. The van der Waals surface area contributed by atoms with Gasteiger partial charge in [0.05, 0.1) is 4.99 Å². The second kappa shape index (κ2) is 8.10. The van der Waals surface area contributed by atoms with Crippen LogP contribution >= 0.6 is 12.2 Å². The molecule has 0 unspecified atom stereocenters. The molecule has 0 aliphatic heterocycles. The smallest absolute Gasteiger partial charge is 0.150 e. The Morgan fingerprint density at radius 3 is 2.78 bits per heavy atom. The van der Waals surface area contributed by atoms with Crippen LogP contribution < -0.4 is 0 Å². The minimum absolute atomic E-state index is 0.250. The van der Waals surface area contributed by atoms with Crippen LogP contribution in [0.25, 0.3) is 0 Å². The second-order valence-electron chi connectivity index (χ2n) is 4.32. The van der Waals surface area contributed by atoms with Crippen LogP contribution in [0.3, 0.4) is 0 Å². The summed E-state index contributed by atoms with van der Waals surface area (Å²) < 4.78 is 1.69. The maximum Gasteiger partial charge on any atom is 0.150 e. The lowest BCUT2D eigenvalue weighted by Gasteiger charge is -2.19. The molecule has 6 nitrogen and oxygen atoms in total. The van der Waals surface area contributed by atoms with Crippen molar-refractivity contribution in [3.63, 3.8) is 0 Å². The molecule has 1 aromatic heterocycles. The molecule has 1 aromatic rings. The number of thiocarbonyl (C=S) groups is 1. The Morgan fingerprint density at radius 1 is 1.39 bits per heavy atom. The molecule has 0 amide bonds. The Labute approximate surface area is 113 Å². The molecular formula is C11H21N5OS. The lowest BCUT2D eigenvalue weighted by molar-refractivity contribution is 0.279. The van der Waals surface area contributed by atoms with Crippen molar-refractivity contribution in [2.75, 3.05) is 20.2 Å². The third-order valence-electron chi connectivity index (χ3n) is 2.83. The lowest BCUT2D eigenvalue weighted by atomic mass is 10.2. The van der Waals surface area contributed by atoms with Crippen LogP contribution in [0.15, 0.2) is 0 Å². The Bertz CT molecular complexity index is 368. The van der Waals surface area contributed by atoms with Crippen LogP contribution in [0, 0.1) is 0 Å². The summed E-state index contributed by atoms with van der Waals surface area (Å²) >= 11 is 5.36. The summed E-state index contributed by atoms with van der Waals surface area (Å²) in [5.41, 5.74) is 0. The number of hydrogen-bond acceptors (Lipinski definition) is 5. The van der Waals surface area contributed by atoms with Gasteiger partial charge in [0.1, 0.15) is 0 Å². The van der Waals surface area contributed by atoms with Gasteiger partial charge in [-0.2, -0.15) is 0 Å². The summed E-state index contributed by atoms with van der Waals surface area (Å²) in [5, 5.41) is 20.0. The molecule has 1 heterocycles. The van der Waals surface area contributed by atoms with E-state index in [4.69, 9.17) is 17.3 Å². The van der Waals surface area contributed by atoms with Crippen LogP contribution in [0.4, 0.5) is 0 Å². The average molecular weight is 271 g/mol. The van der Waals surface area contributed by atoms with Gasteiger partial charge in [-0.25, -0.2) is 4.68 Å². The summed E-state index contributed by atoms with van der Waals surface area (Å²) in [7, 11) is 3.85. The monoisotopic (exact) mass is 271 g/mol. The van der Waals surface area contributed by atoms with Gasteiger partial charge >= 0.3 is 0 Å². The van der Waals surface area contributed by atoms with Crippen LogP contribution in [0.5, 0.6) is 0 Å². The molecule has 1 N–H and O–H groups in total. The zero-order valence-corrected chi connectivity index (χ0v) is 11.9. The maximum absolute atomic E-state index is 8.72. The van der Waals surface area contributed by atoms with E-state index >= 15 is 0 Å². The average Bonchev–Trinajstić information content (AvgIpc) is 2.75. The predicted molar refractivity (Wildman–Crippen MR) is 73.3 cm³/mol. The van der Waals surface area contributed by atoms with Gasteiger partial charge in [0.25, 0.3) is 0 Å². The Kier molecular flexibility index (Phi) is 6.74. The Balaban J connectivity index is 2.18.